The molecular formula is C14H17N3S. The number of hydrogen-bond donors (Lipinski definition) is 1. The van der Waals surface area contributed by atoms with Gasteiger partial charge in [-0.2, -0.15) is 0 Å². The van der Waals surface area contributed by atoms with E-state index in [1.807, 2.05) is 12.4 Å². The van der Waals surface area contributed by atoms with Crippen LogP contribution in [0.5, 0.6) is 0 Å². The van der Waals surface area contributed by atoms with Crippen LogP contribution in [0.2, 0.25) is 0 Å². The Morgan fingerprint density at radius 2 is 1.94 bits per heavy atom. The van der Waals surface area contributed by atoms with Crippen molar-refractivity contribution in [3.8, 4) is 0 Å². The fourth-order valence-corrected chi connectivity index (χ4v) is 2.61. The molecule has 0 spiro atoms. The Kier molecular flexibility index (Phi) is 4.73. The van der Waals surface area contributed by atoms with Gasteiger partial charge in [0.25, 0.3) is 0 Å². The third kappa shape index (κ3) is 2.89. The fourth-order valence-electron chi connectivity index (χ4n) is 1.98. The Morgan fingerprint density at radius 3 is 2.61 bits per heavy atom. The minimum Gasteiger partial charge on any atom is -0.306 e. The molecule has 0 fully saturated rings. The molecule has 1 aromatic carbocycles. The van der Waals surface area contributed by atoms with E-state index in [2.05, 4.69) is 52.7 Å². The molecule has 2 rings (SSSR count). The Balaban J connectivity index is 2.41. The van der Waals surface area contributed by atoms with E-state index < -0.39 is 0 Å². The fraction of sp³-hybridized carbons (Fsp3) is 0.286. The van der Waals surface area contributed by atoms with Crippen LogP contribution in [-0.2, 0) is 0 Å². The quantitative estimate of drug-likeness (QED) is 0.838. The zero-order chi connectivity index (χ0) is 12.8. The standard InChI is InChI=1S/C14H17N3S/c1-3-17-14(11-8-15-10-16-9-11)12-6-4-5-7-13(12)18-2/h4-10,14,17H,3H2,1-2H3. The summed E-state index contributed by atoms with van der Waals surface area (Å²) in [5.74, 6) is 0. The van der Waals surface area contributed by atoms with Gasteiger partial charge in [-0.15, -0.1) is 11.8 Å². The van der Waals surface area contributed by atoms with Gasteiger partial charge < -0.3 is 5.32 Å². The molecule has 0 aliphatic carbocycles. The molecule has 1 unspecified atom stereocenters. The third-order valence-electron chi connectivity index (χ3n) is 2.77. The van der Waals surface area contributed by atoms with Crippen molar-refractivity contribution in [2.75, 3.05) is 12.8 Å². The topological polar surface area (TPSA) is 37.8 Å². The normalized spacial score (nSPS) is 12.3. The van der Waals surface area contributed by atoms with Gasteiger partial charge in [0.1, 0.15) is 6.33 Å². The number of nitrogens with one attached hydrogen (secondary N) is 1. The molecule has 0 aliphatic heterocycles. The number of hydrogen-bond acceptors (Lipinski definition) is 4. The Morgan fingerprint density at radius 1 is 1.22 bits per heavy atom. The highest BCUT2D eigenvalue weighted by atomic mass is 32.2. The van der Waals surface area contributed by atoms with E-state index in [9.17, 15) is 0 Å². The summed E-state index contributed by atoms with van der Waals surface area (Å²) in [6, 6.07) is 8.60. The SMILES string of the molecule is CCNC(c1cncnc1)c1ccccc1SC. The second kappa shape index (κ2) is 6.52. The van der Waals surface area contributed by atoms with Gasteiger partial charge in [0, 0.05) is 22.9 Å². The predicted molar refractivity (Wildman–Crippen MR) is 75.8 cm³/mol. The highest BCUT2D eigenvalue weighted by molar-refractivity contribution is 7.98. The van der Waals surface area contributed by atoms with Crippen LogP contribution in [-0.4, -0.2) is 22.8 Å². The Labute approximate surface area is 112 Å². The number of aromatic nitrogens is 2. The van der Waals surface area contributed by atoms with Crippen molar-refractivity contribution in [2.24, 2.45) is 0 Å². The van der Waals surface area contributed by atoms with E-state index >= 15 is 0 Å². The Bertz CT molecular complexity index is 487. The maximum absolute atomic E-state index is 4.11. The van der Waals surface area contributed by atoms with Gasteiger partial charge in [-0.3, -0.25) is 0 Å². The molecule has 0 saturated heterocycles. The summed E-state index contributed by atoms with van der Waals surface area (Å²) in [5.41, 5.74) is 2.38. The van der Waals surface area contributed by atoms with Crippen molar-refractivity contribution in [1.29, 1.82) is 0 Å². The van der Waals surface area contributed by atoms with Crippen molar-refractivity contribution in [2.45, 2.75) is 17.9 Å². The van der Waals surface area contributed by atoms with E-state index in [0.717, 1.165) is 12.1 Å². The van der Waals surface area contributed by atoms with Gasteiger partial charge in [-0.25, -0.2) is 9.97 Å². The zero-order valence-electron chi connectivity index (χ0n) is 10.6. The number of thioether (sulfide) groups is 1. The lowest BCUT2D eigenvalue weighted by atomic mass is 10.0. The molecule has 0 aliphatic rings. The summed E-state index contributed by atoms with van der Waals surface area (Å²) in [5, 5.41) is 3.50. The van der Waals surface area contributed by atoms with E-state index in [-0.39, 0.29) is 6.04 Å². The molecular weight excluding hydrogens is 242 g/mol. The summed E-state index contributed by atoms with van der Waals surface area (Å²) in [6.45, 7) is 3.01. The van der Waals surface area contributed by atoms with Crippen LogP contribution in [0.1, 0.15) is 24.1 Å². The van der Waals surface area contributed by atoms with Crippen LogP contribution >= 0.6 is 11.8 Å². The molecule has 94 valence electrons. The predicted octanol–water partition coefficient (Wildman–Crippen LogP) is 2.90. The van der Waals surface area contributed by atoms with E-state index in [0.29, 0.717) is 0 Å². The van der Waals surface area contributed by atoms with Gasteiger partial charge >= 0.3 is 0 Å². The molecule has 3 nitrogen and oxygen atoms in total. The molecule has 2 aromatic rings. The van der Waals surface area contributed by atoms with Gasteiger partial charge in [-0.05, 0) is 24.4 Å². The lowest BCUT2D eigenvalue weighted by Crippen LogP contribution is -2.22. The van der Waals surface area contributed by atoms with Crippen molar-refractivity contribution in [1.82, 2.24) is 15.3 Å². The van der Waals surface area contributed by atoms with Crippen molar-refractivity contribution in [3.05, 3.63) is 54.1 Å². The molecule has 0 saturated carbocycles. The lowest BCUT2D eigenvalue weighted by Gasteiger charge is -2.20. The molecule has 0 bridgehead atoms. The largest absolute Gasteiger partial charge is 0.306 e. The summed E-state index contributed by atoms with van der Waals surface area (Å²) in [4.78, 5) is 9.51. The molecule has 1 aromatic heterocycles. The van der Waals surface area contributed by atoms with Gasteiger partial charge in [-0.1, -0.05) is 25.1 Å². The van der Waals surface area contributed by atoms with Gasteiger partial charge in [0.05, 0.1) is 6.04 Å². The molecule has 1 atom stereocenters. The summed E-state index contributed by atoms with van der Waals surface area (Å²) in [7, 11) is 0. The molecule has 4 heteroatoms. The second-order valence-corrected chi connectivity index (χ2v) is 4.75. The molecule has 18 heavy (non-hydrogen) atoms. The maximum Gasteiger partial charge on any atom is 0.115 e. The summed E-state index contributed by atoms with van der Waals surface area (Å²) >= 11 is 1.76. The van der Waals surface area contributed by atoms with Crippen LogP contribution in [0.4, 0.5) is 0 Å². The third-order valence-corrected chi connectivity index (χ3v) is 3.58. The van der Waals surface area contributed by atoms with Crippen molar-refractivity contribution < 1.29 is 0 Å². The number of benzene rings is 1. The first-order chi connectivity index (χ1) is 8.86. The number of rotatable bonds is 5. The van der Waals surface area contributed by atoms with E-state index in [1.165, 1.54) is 10.5 Å². The van der Waals surface area contributed by atoms with E-state index in [4.69, 9.17) is 0 Å². The van der Waals surface area contributed by atoms with Crippen LogP contribution in [0.25, 0.3) is 0 Å². The van der Waals surface area contributed by atoms with Crippen molar-refractivity contribution in [3.63, 3.8) is 0 Å². The monoisotopic (exact) mass is 259 g/mol. The van der Waals surface area contributed by atoms with Crippen LogP contribution in [0.15, 0.2) is 47.9 Å². The van der Waals surface area contributed by atoms with Gasteiger partial charge in [0.15, 0.2) is 0 Å². The van der Waals surface area contributed by atoms with Crippen molar-refractivity contribution >= 4 is 11.8 Å². The Hall–Kier alpha value is -1.39. The summed E-state index contributed by atoms with van der Waals surface area (Å²) < 4.78 is 0. The van der Waals surface area contributed by atoms with Crippen LogP contribution in [0, 0.1) is 0 Å². The average Bonchev–Trinajstić information content (AvgIpc) is 2.46. The molecule has 1 N–H and O–H groups in total. The highest BCUT2D eigenvalue weighted by Gasteiger charge is 2.16. The second-order valence-electron chi connectivity index (χ2n) is 3.90. The molecule has 0 radical (unpaired) electrons. The molecule has 1 heterocycles. The molecule has 0 amide bonds. The number of nitrogens with zero attached hydrogens (tertiary/aromatic N) is 2. The minimum absolute atomic E-state index is 0.153. The first-order valence-corrected chi connectivity index (χ1v) is 7.20. The summed E-state index contributed by atoms with van der Waals surface area (Å²) in [6.07, 6.45) is 7.41. The lowest BCUT2D eigenvalue weighted by molar-refractivity contribution is 0.617. The van der Waals surface area contributed by atoms with Crippen LogP contribution < -0.4 is 5.32 Å². The smallest absolute Gasteiger partial charge is 0.115 e. The first-order valence-electron chi connectivity index (χ1n) is 5.98. The zero-order valence-corrected chi connectivity index (χ0v) is 11.4. The first kappa shape index (κ1) is 13.1. The maximum atomic E-state index is 4.11. The minimum atomic E-state index is 0.153. The van der Waals surface area contributed by atoms with E-state index in [1.54, 1.807) is 18.1 Å². The van der Waals surface area contributed by atoms with Crippen LogP contribution in [0.3, 0.4) is 0 Å². The average molecular weight is 259 g/mol. The van der Waals surface area contributed by atoms with Gasteiger partial charge in [0.2, 0.25) is 0 Å². The highest BCUT2D eigenvalue weighted by Crippen LogP contribution is 2.29.